The van der Waals surface area contributed by atoms with E-state index in [1.54, 1.807) is 37.6 Å². The molecule has 2 aliphatic rings. The van der Waals surface area contributed by atoms with Crippen molar-refractivity contribution >= 4 is 26.6 Å². The predicted molar refractivity (Wildman–Crippen MR) is 132 cm³/mol. The zero-order valence-corrected chi connectivity index (χ0v) is 19.7. The highest BCUT2D eigenvalue weighted by Gasteiger charge is 2.41. The molecule has 1 fully saturated rings. The molecule has 3 heterocycles. The zero-order valence-electron chi connectivity index (χ0n) is 18.8. The molecule has 0 radical (unpaired) electrons. The van der Waals surface area contributed by atoms with Crippen molar-refractivity contribution in [3.8, 4) is 5.75 Å². The Balaban J connectivity index is 1.52. The van der Waals surface area contributed by atoms with Crippen LogP contribution in [-0.4, -0.2) is 26.1 Å². The second kappa shape index (κ2) is 8.18. The van der Waals surface area contributed by atoms with Gasteiger partial charge >= 0.3 is 0 Å². The van der Waals surface area contributed by atoms with E-state index in [0.717, 1.165) is 40.8 Å². The van der Waals surface area contributed by atoms with Crippen molar-refractivity contribution in [1.29, 1.82) is 0 Å². The smallest absolute Gasteiger partial charge is 0.268 e. The van der Waals surface area contributed by atoms with Crippen LogP contribution in [0.25, 0.3) is 10.9 Å². The van der Waals surface area contributed by atoms with Crippen molar-refractivity contribution in [2.75, 3.05) is 19.0 Å². The van der Waals surface area contributed by atoms with Crippen molar-refractivity contribution in [2.45, 2.75) is 29.9 Å². The van der Waals surface area contributed by atoms with Gasteiger partial charge in [-0.2, -0.15) is 0 Å². The number of methoxy groups -OCH3 is 1. The third kappa shape index (κ3) is 3.30. The standard InChI is InChI=1S/C27H26N2O4S/c1-32-18-13-14-24-22(16-18)27-21(11-7-15-33-27)26(28-24)23-17-29(25-12-6-5-10-20(23)25)34(30,31)19-8-3-2-4-9-19/h2-6,8-10,12-14,16-17,21,26-28H,7,11,15H2,1H3/t21-,26-,27-/m1/s1. The molecule has 3 aromatic carbocycles. The van der Waals surface area contributed by atoms with Gasteiger partial charge in [0.05, 0.1) is 29.7 Å². The van der Waals surface area contributed by atoms with E-state index in [9.17, 15) is 8.42 Å². The van der Waals surface area contributed by atoms with E-state index in [4.69, 9.17) is 9.47 Å². The molecule has 7 heteroatoms. The van der Waals surface area contributed by atoms with Gasteiger partial charge in [-0.15, -0.1) is 0 Å². The summed E-state index contributed by atoms with van der Waals surface area (Å²) < 4.78 is 40.4. The number of ether oxygens (including phenoxy) is 2. The summed E-state index contributed by atoms with van der Waals surface area (Å²) in [5.41, 5.74) is 3.74. The zero-order chi connectivity index (χ0) is 23.3. The van der Waals surface area contributed by atoms with Gasteiger partial charge in [0.25, 0.3) is 10.0 Å². The van der Waals surface area contributed by atoms with E-state index in [-0.39, 0.29) is 23.0 Å². The Kier molecular flexibility index (Phi) is 5.12. The Labute approximate surface area is 199 Å². The molecule has 6 nitrogen and oxygen atoms in total. The molecule has 0 spiro atoms. The van der Waals surface area contributed by atoms with Gasteiger partial charge in [-0.25, -0.2) is 12.4 Å². The number of aromatic nitrogens is 1. The second-order valence-corrected chi connectivity index (χ2v) is 10.7. The topological polar surface area (TPSA) is 69.6 Å². The average molecular weight is 475 g/mol. The minimum atomic E-state index is -3.74. The number of benzene rings is 3. The quantitative estimate of drug-likeness (QED) is 0.422. The van der Waals surface area contributed by atoms with Crippen molar-refractivity contribution < 1.29 is 17.9 Å². The monoisotopic (exact) mass is 474 g/mol. The van der Waals surface area contributed by atoms with Crippen LogP contribution in [0, 0.1) is 5.92 Å². The first kappa shape index (κ1) is 21.3. The lowest BCUT2D eigenvalue weighted by Gasteiger charge is -2.43. The van der Waals surface area contributed by atoms with Crippen LogP contribution in [0.2, 0.25) is 0 Å². The summed E-state index contributed by atoms with van der Waals surface area (Å²) >= 11 is 0. The molecule has 0 unspecified atom stereocenters. The molecular weight excluding hydrogens is 448 g/mol. The molecule has 4 aromatic rings. The number of fused-ring (bicyclic) bond motifs is 4. The second-order valence-electron chi connectivity index (χ2n) is 8.89. The highest BCUT2D eigenvalue weighted by atomic mass is 32.2. The van der Waals surface area contributed by atoms with E-state index in [1.807, 2.05) is 48.5 Å². The summed E-state index contributed by atoms with van der Waals surface area (Å²) in [5.74, 6) is 0.976. The van der Waals surface area contributed by atoms with E-state index in [1.165, 1.54) is 3.97 Å². The Hall–Kier alpha value is -3.29. The number of para-hydroxylation sites is 1. The summed E-state index contributed by atoms with van der Waals surface area (Å²) in [6, 6.07) is 22.2. The molecule has 3 atom stereocenters. The first-order valence-electron chi connectivity index (χ1n) is 11.5. The summed E-state index contributed by atoms with van der Waals surface area (Å²) in [6.07, 6.45) is 3.69. The van der Waals surface area contributed by atoms with E-state index in [2.05, 4.69) is 5.32 Å². The number of hydrogen-bond acceptors (Lipinski definition) is 5. The van der Waals surface area contributed by atoms with Crippen LogP contribution in [0.15, 0.2) is 83.9 Å². The maximum absolute atomic E-state index is 13.6. The largest absolute Gasteiger partial charge is 0.497 e. The lowest BCUT2D eigenvalue weighted by molar-refractivity contribution is -0.0380. The Morgan fingerprint density at radius 1 is 1.00 bits per heavy atom. The van der Waals surface area contributed by atoms with E-state index >= 15 is 0 Å². The Morgan fingerprint density at radius 3 is 2.62 bits per heavy atom. The van der Waals surface area contributed by atoms with Crippen LogP contribution < -0.4 is 10.1 Å². The van der Waals surface area contributed by atoms with Gasteiger partial charge in [0, 0.05) is 40.9 Å². The Morgan fingerprint density at radius 2 is 1.79 bits per heavy atom. The molecule has 0 aliphatic carbocycles. The summed E-state index contributed by atoms with van der Waals surface area (Å²) in [5, 5.41) is 4.65. The van der Waals surface area contributed by atoms with Gasteiger partial charge in [-0.3, -0.25) is 0 Å². The van der Waals surface area contributed by atoms with Crippen LogP contribution in [-0.2, 0) is 14.8 Å². The SMILES string of the molecule is COc1ccc2c(c1)[C@@H]1OCCC[C@@H]1[C@H](c1cn(S(=O)(=O)c3ccccc3)c3ccccc13)N2. The first-order valence-corrected chi connectivity index (χ1v) is 13.0. The third-order valence-electron chi connectivity index (χ3n) is 7.02. The number of hydrogen-bond donors (Lipinski definition) is 1. The van der Waals surface area contributed by atoms with Crippen LogP contribution in [0.1, 0.15) is 36.1 Å². The highest BCUT2D eigenvalue weighted by molar-refractivity contribution is 7.90. The Bertz CT molecular complexity index is 1460. The fourth-order valence-corrected chi connectivity index (χ4v) is 6.81. The maximum Gasteiger partial charge on any atom is 0.268 e. The van der Waals surface area contributed by atoms with Crippen molar-refractivity contribution in [3.63, 3.8) is 0 Å². The number of nitrogens with one attached hydrogen (secondary N) is 1. The number of rotatable bonds is 4. The predicted octanol–water partition coefficient (Wildman–Crippen LogP) is 5.52. The summed E-state index contributed by atoms with van der Waals surface area (Å²) in [4.78, 5) is 0.273. The van der Waals surface area contributed by atoms with Gasteiger partial charge < -0.3 is 14.8 Å². The maximum atomic E-state index is 13.6. The van der Waals surface area contributed by atoms with Crippen molar-refractivity contribution in [1.82, 2.24) is 3.97 Å². The van der Waals surface area contributed by atoms with Gasteiger partial charge in [0.15, 0.2) is 0 Å². The highest BCUT2D eigenvalue weighted by Crippen LogP contribution is 2.51. The van der Waals surface area contributed by atoms with Crippen LogP contribution in [0.5, 0.6) is 5.75 Å². The molecule has 174 valence electrons. The van der Waals surface area contributed by atoms with Crippen molar-refractivity contribution in [3.05, 3.63) is 90.1 Å². The normalized spacial score (nSPS) is 22.0. The molecule has 0 amide bonds. The minimum absolute atomic E-state index is 0.0713. The summed E-state index contributed by atoms with van der Waals surface area (Å²) in [7, 11) is -2.07. The lowest BCUT2D eigenvalue weighted by atomic mass is 9.77. The van der Waals surface area contributed by atoms with Crippen molar-refractivity contribution in [2.24, 2.45) is 5.92 Å². The first-order chi connectivity index (χ1) is 16.6. The molecule has 1 N–H and O–H groups in total. The molecule has 0 bridgehead atoms. The van der Waals surface area contributed by atoms with Gasteiger partial charge in [-0.05, 0) is 49.2 Å². The lowest BCUT2D eigenvalue weighted by Crippen LogP contribution is -2.36. The molecule has 34 heavy (non-hydrogen) atoms. The third-order valence-corrected chi connectivity index (χ3v) is 8.70. The fraction of sp³-hybridized carbons (Fsp3) is 0.259. The van der Waals surface area contributed by atoms with E-state index < -0.39 is 10.0 Å². The van der Waals surface area contributed by atoms with Gasteiger partial charge in [0.1, 0.15) is 5.75 Å². The molecule has 2 aliphatic heterocycles. The van der Waals surface area contributed by atoms with Gasteiger partial charge in [-0.1, -0.05) is 36.4 Å². The van der Waals surface area contributed by atoms with Crippen LogP contribution in [0.3, 0.4) is 0 Å². The van der Waals surface area contributed by atoms with Gasteiger partial charge in [0.2, 0.25) is 0 Å². The molecule has 0 saturated carbocycles. The van der Waals surface area contributed by atoms with E-state index in [0.29, 0.717) is 12.1 Å². The molecule has 6 rings (SSSR count). The molecule has 1 saturated heterocycles. The minimum Gasteiger partial charge on any atom is -0.497 e. The summed E-state index contributed by atoms with van der Waals surface area (Å²) in [6.45, 7) is 0.717. The molecule has 1 aromatic heterocycles. The number of nitrogens with zero attached hydrogens (tertiary/aromatic N) is 1. The number of anilines is 1. The molecular formula is C27H26N2O4S. The average Bonchev–Trinajstić information content (AvgIpc) is 3.29. The van der Waals surface area contributed by atoms with Crippen LogP contribution in [0.4, 0.5) is 5.69 Å². The van der Waals surface area contributed by atoms with Crippen LogP contribution >= 0.6 is 0 Å². The fourth-order valence-electron chi connectivity index (χ4n) is 5.41.